The van der Waals surface area contributed by atoms with E-state index < -0.39 is 0 Å². The Balaban J connectivity index is 2.83. The lowest BCUT2D eigenvalue weighted by Crippen LogP contribution is -2.29. The second kappa shape index (κ2) is 7.04. The van der Waals surface area contributed by atoms with Gasteiger partial charge < -0.3 is 15.8 Å². The molecule has 1 aromatic heterocycles. The van der Waals surface area contributed by atoms with Crippen LogP contribution in [-0.4, -0.2) is 30.0 Å². The molecule has 0 bridgehead atoms. The Bertz CT molecular complexity index is 442. The highest BCUT2D eigenvalue weighted by Gasteiger charge is 2.21. The largest absolute Gasteiger partial charge is 0.481 e. The normalized spacial score (nSPS) is 11.8. The summed E-state index contributed by atoms with van der Waals surface area (Å²) in [5.74, 6) is 6.66. The van der Waals surface area contributed by atoms with Crippen molar-refractivity contribution >= 4 is 0 Å². The standard InChI is InChI=1S/C13H22N4O/c1-5-6-7-8-15-11(9-14)12-10(2)16-17(3)13(12)18-4/h11,15H,7-9,14H2,1-4H3. The zero-order valence-electron chi connectivity index (χ0n) is 11.6. The van der Waals surface area contributed by atoms with Crippen molar-refractivity contribution in [1.29, 1.82) is 0 Å². The minimum atomic E-state index is 0.0484. The zero-order chi connectivity index (χ0) is 13.5. The second-order valence-corrected chi connectivity index (χ2v) is 4.05. The van der Waals surface area contributed by atoms with Gasteiger partial charge in [-0.2, -0.15) is 5.10 Å². The fraction of sp³-hybridized carbons (Fsp3) is 0.615. The van der Waals surface area contributed by atoms with Crippen molar-refractivity contribution in [2.24, 2.45) is 12.8 Å². The van der Waals surface area contributed by atoms with Crippen LogP contribution >= 0.6 is 0 Å². The van der Waals surface area contributed by atoms with Crippen molar-refractivity contribution < 1.29 is 4.74 Å². The lowest BCUT2D eigenvalue weighted by molar-refractivity contribution is 0.363. The Morgan fingerprint density at radius 1 is 1.56 bits per heavy atom. The van der Waals surface area contributed by atoms with E-state index in [1.165, 1.54) is 0 Å². The van der Waals surface area contributed by atoms with Crippen LogP contribution < -0.4 is 15.8 Å². The van der Waals surface area contributed by atoms with Crippen molar-refractivity contribution in [3.05, 3.63) is 11.3 Å². The molecule has 0 aliphatic carbocycles. The van der Waals surface area contributed by atoms with Crippen LogP contribution in [0, 0.1) is 18.8 Å². The third-order valence-corrected chi connectivity index (χ3v) is 2.81. The van der Waals surface area contributed by atoms with Crippen LogP contribution in [0.15, 0.2) is 0 Å². The monoisotopic (exact) mass is 250 g/mol. The Hall–Kier alpha value is -1.51. The van der Waals surface area contributed by atoms with Crippen LogP contribution in [0.4, 0.5) is 0 Å². The summed E-state index contributed by atoms with van der Waals surface area (Å²) in [6, 6.07) is 0.0484. The van der Waals surface area contributed by atoms with E-state index in [-0.39, 0.29) is 6.04 Å². The molecule has 0 aliphatic heterocycles. The minimum absolute atomic E-state index is 0.0484. The Kier molecular flexibility index (Phi) is 5.69. The summed E-state index contributed by atoms with van der Waals surface area (Å²) in [6.07, 6.45) is 0.814. The molecule has 1 atom stereocenters. The molecule has 1 heterocycles. The van der Waals surface area contributed by atoms with Crippen molar-refractivity contribution in [2.45, 2.75) is 26.3 Å². The van der Waals surface area contributed by atoms with Crippen LogP contribution in [0.2, 0.25) is 0 Å². The Labute approximate surface area is 109 Å². The second-order valence-electron chi connectivity index (χ2n) is 4.05. The van der Waals surface area contributed by atoms with Gasteiger partial charge in [-0.25, -0.2) is 4.68 Å². The fourth-order valence-electron chi connectivity index (χ4n) is 2.03. The molecule has 0 saturated heterocycles. The van der Waals surface area contributed by atoms with Gasteiger partial charge in [-0.15, -0.1) is 11.8 Å². The number of rotatable bonds is 6. The average molecular weight is 250 g/mol. The van der Waals surface area contributed by atoms with E-state index in [0.717, 1.165) is 30.1 Å². The molecule has 0 aliphatic rings. The summed E-state index contributed by atoms with van der Waals surface area (Å²) in [5, 5.41) is 7.75. The molecule has 18 heavy (non-hydrogen) atoms. The predicted molar refractivity (Wildman–Crippen MR) is 72.4 cm³/mol. The van der Waals surface area contributed by atoms with Crippen LogP contribution in [0.3, 0.4) is 0 Å². The molecule has 1 aromatic rings. The molecule has 100 valence electrons. The zero-order valence-corrected chi connectivity index (χ0v) is 11.6. The number of nitrogens with two attached hydrogens (primary N) is 1. The number of nitrogens with one attached hydrogen (secondary N) is 1. The predicted octanol–water partition coefficient (Wildman–Crippen LogP) is 0.740. The summed E-state index contributed by atoms with van der Waals surface area (Å²) < 4.78 is 7.12. The SMILES string of the molecule is CC#CCCNC(CN)c1c(C)nn(C)c1OC. The summed E-state index contributed by atoms with van der Waals surface area (Å²) in [5.41, 5.74) is 7.81. The number of ether oxygens (including phenoxy) is 1. The van der Waals surface area contributed by atoms with Gasteiger partial charge in [-0.1, -0.05) is 0 Å². The summed E-state index contributed by atoms with van der Waals surface area (Å²) >= 11 is 0. The van der Waals surface area contributed by atoms with Gasteiger partial charge >= 0.3 is 0 Å². The van der Waals surface area contributed by atoms with Gasteiger partial charge in [0.2, 0.25) is 5.88 Å². The van der Waals surface area contributed by atoms with E-state index in [1.807, 2.05) is 20.9 Å². The number of aromatic nitrogens is 2. The van der Waals surface area contributed by atoms with Crippen LogP contribution in [0.25, 0.3) is 0 Å². The van der Waals surface area contributed by atoms with Gasteiger partial charge in [-0.3, -0.25) is 0 Å². The summed E-state index contributed by atoms with van der Waals surface area (Å²) in [6.45, 7) is 5.12. The molecule has 5 heteroatoms. The first-order chi connectivity index (χ1) is 8.65. The average Bonchev–Trinajstić information content (AvgIpc) is 2.64. The molecule has 1 unspecified atom stereocenters. The van der Waals surface area contributed by atoms with Gasteiger partial charge in [0.1, 0.15) is 0 Å². The van der Waals surface area contributed by atoms with Crippen LogP contribution in [0.1, 0.15) is 30.6 Å². The number of methoxy groups -OCH3 is 1. The molecular weight excluding hydrogens is 228 g/mol. The molecule has 5 nitrogen and oxygen atoms in total. The molecular formula is C13H22N4O. The van der Waals surface area contributed by atoms with Crippen molar-refractivity contribution in [1.82, 2.24) is 15.1 Å². The van der Waals surface area contributed by atoms with Gasteiger partial charge in [0.25, 0.3) is 0 Å². The first kappa shape index (κ1) is 14.6. The van der Waals surface area contributed by atoms with Crippen LogP contribution in [0.5, 0.6) is 5.88 Å². The van der Waals surface area contributed by atoms with E-state index in [4.69, 9.17) is 10.5 Å². The first-order valence-electron chi connectivity index (χ1n) is 6.06. The van der Waals surface area contributed by atoms with Gasteiger partial charge in [0.15, 0.2) is 0 Å². The van der Waals surface area contributed by atoms with Gasteiger partial charge in [0.05, 0.1) is 24.4 Å². The molecule has 0 aromatic carbocycles. The molecule has 0 fully saturated rings. The highest BCUT2D eigenvalue weighted by molar-refractivity contribution is 5.34. The molecule has 0 amide bonds. The maximum absolute atomic E-state index is 5.83. The topological polar surface area (TPSA) is 65.1 Å². The highest BCUT2D eigenvalue weighted by atomic mass is 16.5. The number of aryl methyl sites for hydroxylation is 2. The smallest absolute Gasteiger partial charge is 0.216 e. The maximum Gasteiger partial charge on any atom is 0.216 e. The summed E-state index contributed by atoms with van der Waals surface area (Å²) in [4.78, 5) is 0. The van der Waals surface area contributed by atoms with E-state index in [1.54, 1.807) is 11.8 Å². The minimum Gasteiger partial charge on any atom is -0.481 e. The van der Waals surface area contributed by atoms with Crippen molar-refractivity contribution in [3.8, 4) is 17.7 Å². The molecule has 3 N–H and O–H groups in total. The molecule has 1 rings (SSSR count). The highest BCUT2D eigenvalue weighted by Crippen LogP contribution is 2.27. The number of nitrogens with zero attached hydrogens (tertiary/aromatic N) is 2. The summed E-state index contributed by atoms with van der Waals surface area (Å²) in [7, 11) is 3.52. The quantitative estimate of drug-likeness (QED) is 0.577. The number of hydrogen-bond donors (Lipinski definition) is 2. The van der Waals surface area contributed by atoms with Crippen molar-refractivity contribution in [2.75, 3.05) is 20.2 Å². The lowest BCUT2D eigenvalue weighted by atomic mass is 10.1. The van der Waals surface area contributed by atoms with Gasteiger partial charge in [-0.05, 0) is 13.8 Å². The lowest BCUT2D eigenvalue weighted by Gasteiger charge is -2.17. The Morgan fingerprint density at radius 3 is 2.83 bits per heavy atom. The molecule has 0 radical (unpaired) electrons. The maximum atomic E-state index is 5.83. The fourth-order valence-corrected chi connectivity index (χ4v) is 2.03. The van der Waals surface area contributed by atoms with E-state index in [2.05, 4.69) is 22.3 Å². The van der Waals surface area contributed by atoms with E-state index in [9.17, 15) is 0 Å². The number of hydrogen-bond acceptors (Lipinski definition) is 4. The van der Waals surface area contributed by atoms with Crippen LogP contribution in [-0.2, 0) is 7.05 Å². The van der Waals surface area contributed by atoms with Crippen molar-refractivity contribution in [3.63, 3.8) is 0 Å². The first-order valence-corrected chi connectivity index (χ1v) is 6.06. The molecule has 0 saturated carbocycles. The molecule has 0 spiro atoms. The van der Waals surface area contributed by atoms with E-state index in [0.29, 0.717) is 6.54 Å². The third-order valence-electron chi connectivity index (χ3n) is 2.81. The third kappa shape index (κ3) is 3.25. The van der Waals surface area contributed by atoms with E-state index >= 15 is 0 Å². The van der Waals surface area contributed by atoms with Gasteiger partial charge in [0, 0.05) is 26.6 Å². The Morgan fingerprint density at radius 2 is 2.28 bits per heavy atom.